The van der Waals surface area contributed by atoms with Crippen LogP contribution >= 0.6 is 0 Å². The highest BCUT2D eigenvalue weighted by atomic mass is 32.2. The van der Waals surface area contributed by atoms with Crippen molar-refractivity contribution < 1.29 is 23.6 Å². The summed E-state index contributed by atoms with van der Waals surface area (Å²) in [5, 5.41) is 11.8. The Morgan fingerprint density at radius 3 is 2.60 bits per heavy atom. The topological polar surface area (TPSA) is 95.9 Å². The van der Waals surface area contributed by atoms with Gasteiger partial charge in [0.15, 0.2) is 15.9 Å². The molecule has 1 unspecified atom stereocenters. The van der Waals surface area contributed by atoms with Crippen molar-refractivity contribution in [1.82, 2.24) is 4.31 Å². The molecule has 0 saturated carbocycles. The maximum atomic E-state index is 12.4. The van der Waals surface area contributed by atoms with Gasteiger partial charge in [0.1, 0.15) is 6.54 Å². The summed E-state index contributed by atoms with van der Waals surface area (Å²) in [6.07, 6.45) is 0. The Balaban J connectivity index is 3.09. The van der Waals surface area contributed by atoms with E-state index in [1.54, 1.807) is 7.05 Å². The van der Waals surface area contributed by atoms with E-state index in [2.05, 4.69) is 10.1 Å². The van der Waals surface area contributed by atoms with E-state index in [1.165, 1.54) is 36.7 Å². The van der Waals surface area contributed by atoms with Gasteiger partial charge >= 0.3 is 11.9 Å². The number of rotatable bonds is 6. The summed E-state index contributed by atoms with van der Waals surface area (Å²) in [5.74, 6) is -1.62. The predicted octanol–water partition coefficient (Wildman–Crippen LogP) is 0.501. The van der Waals surface area contributed by atoms with Crippen molar-refractivity contribution in [1.29, 1.82) is 0 Å². The molecule has 8 heteroatoms. The lowest BCUT2D eigenvalue weighted by atomic mass is 10.2. The van der Waals surface area contributed by atoms with Crippen LogP contribution in [0.3, 0.4) is 0 Å². The third-order valence-corrected chi connectivity index (χ3v) is 4.16. The smallest absolute Gasteiger partial charge is 0.335 e. The molecule has 7 nitrogen and oxygen atoms in total. The number of likely N-dealkylation sites (N-methyl/N-ethyl adjacent to an activating group) is 1. The molecule has 0 aliphatic carbocycles. The lowest BCUT2D eigenvalue weighted by Gasteiger charge is -2.11. The Hall–Kier alpha value is -1.93. The van der Waals surface area contributed by atoms with Crippen LogP contribution in [0.5, 0.6) is 0 Å². The summed E-state index contributed by atoms with van der Waals surface area (Å²) in [4.78, 5) is 22.5. The van der Waals surface area contributed by atoms with Crippen molar-refractivity contribution >= 4 is 28.6 Å². The van der Waals surface area contributed by atoms with Gasteiger partial charge in [0.05, 0.1) is 18.4 Å². The van der Waals surface area contributed by atoms with Gasteiger partial charge in [-0.25, -0.2) is 4.79 Å². The van der Waals surface area contributed by atoms with Crippen molar-refractivity contribution in [2.24, 2.45) is 0 Å². The fraction of sp³-hybridized carbons (Fsp3) is 0.333. The van der Waals surface area contributed by atoms with Gasteiger partial charge in [-0.05, 0) is 12.1 Å². The largest absolute Gasteiger partial charge is 0.478 e. The number of nitrogens with one attached hydrogen (secondary N) is 1. The van der Waals surface area contributed by atoms with Gasteiger partial charge in [0.25, 0.3) is 0 Å². The van der Waals surface area contributed by atoms with Crippen LogP contribution < -0.4 is 5.32 Å². The normalized spacial score (nSPS) is 12.0. The summed E-state index contributed by atoms with van der Waals surface area (Å²) >= 11 is 0. The fourth-order valence-electron chi connectivity index (χ4n) is 1.53. The van der Waals surface area contributed by atoms with Crippen molar-refractivity contribution in [2.75, 3.05) is 33.1 Å². The molecule has 0 aliphatic heterocycles. The first-order chi connectivity index (χ1) is 9.40. The Morgan fingerprint density at radius 2 is 2.10 bits per heavy atom. The minimum absolute atomic E-state index is 0.0359. The maximum Gasteiger partial charge on any atom is 0.335 e. The number of benzene rings is 1. The molecule has 20 heavy (non-hydrogen) atoms. The van der Waals surface area contributed by atoms with Crippen molar-refractivity contribution in [3.63, 3.8) is 0 Å². The number of nitrogens with zero attached hydrogens (tertiary/aromatic N) is 1. The van der Waals surface area contributed by atoms with Gasteiger partial charge in [-0.1, -0.05) is 4.21 Å². The Labute approximate surface area is 119 Å². The van der Waals surface area contributed by atoms with Gasteiger partial charge < -0.3 is 15.2 Å². The molecule has 1 aromatic carbocycles. The van der Waals surface area contributed by atoms with Gasteiger partial charge in [-0.15, -0.1) is 4.31 Å². The summed E-state index contributed by atoms with van der Waals surface area (Å²) in [7, 11) is 2.30. The molecule has 0 aromatic heterocycles. The molecular weight excluding hydrogens is 284 g/mol. The molecule has 0 fully saturated rings. The number of carbonyl (C=O) groups is 2. The first-order valence-corrected chi connectivity index (χ1v) is 6.92. The molecule has 1 rings (SSSR count). The number of thiol groups is 1. The number of carboxylic acids is 1. The molecule has 0 amide bonds. The van der Waals surface area contributed by atoms with E-state index in [1.807, 2.05) is 0 Å². The average Bonchev–Trinajstić information content (AvgIpc) is 2.45. The lowest BCUT2D eigenvalue weighted by molar-refractivity contribution is -0.140. The number of hydrogen-bond donors (Lipinski definition) is 2. The first kappa shape index (κ1) is 16.1. The van der Waals surface area contributed by atoms with Crippen LogP contribution in [0.2, 0.25) is 0 Å². The number of carboxylic acid groups (broad SMARTS) is 1. The van der Waals surface area contributed by atoms with E-state index in [0.29, 0.717) is 10.6 Å². The molecule has 0 heterocycles. The number of ether oxygens (including phenoxy) is 1. The number of esters is 1. The van der Waals surface area contributed by atoms with E-state index in [4.69, 9.17) is 5.11 Å². The number of hydrogen-bond acceptors (Lipinski definition) is 5. The minimum atomic E-state index is -2.09. The molecule has 0 saturated heterocycles. The van der Waals surface area contributed by atoms with Crippen LogP contribution in [0.1, 0.15) is 10.4 Å². The van der Waals surface area contributed by atoms with Crippen molar-refractivity contribution in [3.05, 3.63) is 23.8 Å². The van der Waals surface area contributed by atoms with Crippen LogP contribution in [0.15, 0.2) is 23.1 Å². The summed E-state index contributed by atoms with van der Waals surface area (Å²) < 4.78 is 18.2. The summed E-state index contributed by atoms with van der Waals surface area (Å²) in [5.41, 5.74) is 0.585. The molecule has 0 spiro atoms. The highest BCUT2D eigenvalue weighted by Crippen LogP contribution is 2.22. The van der Waals surface area contributed by atoms with Crippen LogP contribution in [0, 0.1) is 0 Å². The Morgan fingerprint density at radius 1 is 1.45 bits per heavy atom. The maximum absolute atomic E-state index is 12.4. The van der Waals surface area contributed by atoms with Crippen molar-refractivity contribution in [3.8, 4) is 0 Å². The van der Waals surface area contributed by atoms with E-state index < -0.39 is 22.9 Å². The highest BCUT2D eigenvalue weighted by Gasteiger charge is 2.24. The van der Waals surface area contributed by atoms with E-state index in [9.17, 15) is 13.8 Å². The molecule has 0 radical (unpaired) electrons. The van der Waals surface area contributed by atoms with E-state index in [-0.39, 0.29) is 12.1 Å². The van der Waals surface area contributed by atoms with Gasteiger partial charge in [0, 0.05) is 20.2 Å². The van der Waals surface area contributed by atoms with E-state index >= 15 is 0 Å². The number of methoxy groups -OCH3 is 1. The standard InChI is InChI=1S/C12H16N2O5S/c1-13-9-5-4-8(12(16)17)6-10(9)20(18)14(2)7-11(15)19-3/h4-6,13H,7H2,1-3H3,(H,16,17)/p+1. The lowest BCUT2D eigenvalue weighted by Crippen LogP contribution is -2.28. The number of aromatic carboxylic acids is 1. The molecule has 0 bridgehead atoms. The predicted molar refractivity (Wildman–Crippen MR) is 75.3 cm³/mol. The average molecular weight is 301 g/mol. The van der Waals surface area contributed by atoms with Gasteiger partial charge in [-0.2, -0.15) is 0 Å². The molecule has 2 N–H and O–H groups in total. The molecule has 0 aliphatic rings. The Kier molecular flexibility index (Phi) is 5.66. The summed E-state index contributed by atoms with van der Waals surface area (Å²) in [6, 6.07) is 4.29. The highest BCUT2D eigenvalue weighted by molar-refractivity contribution is 7.82. The zero-order valence-electron chi connectivity index (χ0n) is 11.4. The molecular formula is C12H17N2O5S+. The third-order valence-electron chi connectivity index (χ3n) is 2.62. The van der Waals surface area contributed by atoms with Crippen molar-refractivity contribution in [2.45, 2.75) is 4.90 Å². The van der Waals surface area contributed by atoms with Crippen LogP contribution in [-0.2, 0) is 24.7 Å². The van der Waals surface area contributed by atoms with Crippen LogP contribution in [-0.4, -0.2) is 49.1 Å². The van der Waals surface area contributed by atoms with Crippen LogP contribution in [0.4, 0.5) is 5.69 Å². The quantitative estimate of drug-likeness (QED) is 0.451. The SMILES string of the molecule is CNc1ccc(C(=O)O)cc1[SH+](=O)N(C)CC(=O)OC. The third kappa shape index (κ3) is 3.78. The molecule has 110 valence electrons. The minimum Gasteiger partial charge on any atom is -0.478 e. The zero-order chi connectivity index (χ0) is 15.3. The van der Waals surface area contributed by atoms with Gasteiger partial charge in [0.2, 0.25) is 0 Å². The summed E-state index contributed by atoms with van der Waals surface area (Å²) in [6.45, 7) is -0.147. The first-order valence-electron chi connectivity index (χ1n) is 5.71. The second kappa shape index (κ2) is 7.01. The second-order valence-electron chi connectivity index (χ2n) is 3.95. The zero-order valence-corrected chi connectivity index (χ0v) is 12.3. The fourth-order valence-corrected chi connectivity index (χ4v) is 2.79. The molecule has 1 atom stereocenters. The molecule has 1 aromatic rings. The number of carbonyl (C=O) groups excluding carboxylic acids is 1. The van der Waals surface area contributed by atoms with Gasteiger partial charge in [-0.3, -0.25) is 4.79 Å². The Bertz CT molecular complexity index is 547. The monoisotopic (exact) mass is 301 g/mol. The van der Waals surface area contributed by atoms with E-state index in [0.717, 1.165) is 0 Å². The number of anilines is 1. The second-order valence-corrected chi connectivity index (χ2v) is 5.66. The van der Waals surface area contributed by atoms with Crippen LogP contribution in [0.25, 0.3) is 0 Å².